The Balaban J connectivity index is 1.69. The molecule has 188 valence electrons. The van der Waals surface area contributed by atoms with E-state index in [1.54, 1.807) is 18.2 Å². The number of rotatable bonds is 8. The van der Waals surface area contributed by atoms with E-state index < -0.39 is 5.91 Å². The van der Waals surface area contributed by atoms with Crippen LogP contribution in [0.25, 0.3) is 11.6 Å². The first-order valence-corrected chi connectivity index (χ1v) is 12.6. The molecule has 0 unspecified atom stereocenters. The molecule has 1 aromatic carbocycles. The maximum atomic E-state index is 13.4. The smallest absolute Gasteiger partial charge is 0.269 e. The van der Waals surface area contributed by atoms with Crippen LogP contribution in [0.3, 0.4) is 0 Å². The molecule has 3 aromatic rings. The standard InChI is InChI=1S/C26H29N5O4S/c1-29(2)20-7-5-19(6-8-20)16-23-25(33)31(18-21-4-3-13-35-21)26(36-23)22(17-27)24(32)28-9-10-30-11-14-34-15-12-30/h3-8,13,16H,9-12,14-15,18H2,1-2H3,(H,28,32)/p+1/b23-16-,26-22-. The summed E-state index contributed by atoms with van der Waals surface area (Å²) in [5, 5.41) is 12.8. The van der Waals surface area contributed by atoms with E-state index >= 15 is 0 Å². The predicted octanol–water partition coefficient (Wildman–Crippen LogP) is -0.849. The van der Waals surface area contributed by atoms with Gasteiger partial charge in [-0.3, -0.25) is 14.2 Å². The highest BCUT2D eigenvalue weighted by atomic mass is 32.1. The van der Waals surface area contributed by atoms with Crippen molar-refractivity contribution in [2.45, 2.75) is 6.54 Å². The summed E-state index contributed by atoms with van der Waals surface area (Å²) < 4.78 is 13.0. The molecule has 3 heterocycles. The Kier molecular flexibility index (Phi) is 8.38. The van der Waals surface area contributed by atoms with Crippen molar-refractivity contribution in [1.29, 1.82) is 5.26 Å². The molecular formula is C26H30N5O4S+. The van der Waals surface area contributed by atoms with Crippen LogP contribution in [0, 0.1) is 11.3 Å². The highest BCUT2D eigenvalue weighted by Crippen LogP contribution is 2.12. The van der Waals surface area contributed by atoms with E-state index in [2.05, 4.69) is 5.32 Å². The number of morpholine rings is 1. The zero-order chi connectivity index (χ0) is 25.5. The van der Waals surface area contributed by atoms with Gasteiger partial charge in [-0.05, 0) is 35.9 Å². The molecule has 10 heteroatoms. The van der Waals surface area contributed by atoms with E-state index in [-0.39, 0.29) is 17.7 Å². The van der Waals surface area contributed by atoms with Crippen LogP contribution in [0.5, 0.6) is 0 Å². The van der Waals surface area contributed by atoms with Crippen molar-refractivity contribution in [1.82, 2.24) is 9.88 Å². The average molecular weight is 509 g/mol. The Labute approximate surface area is 213 Å². The first-order valence-electron chi connectivity index (χ1n) is 11.8. The highest BCUT2D eigenvalue weighted by molar-refractivity contribution is 7.07. The quantitative estimate of drug-likeness (QED) is 0.411. The second kappa shape index (κ2) is 11.9. The largest absolute Gasteiger partial charge is 0.467 e. The van der Waals surface area contributed by atoms with Gasteiger partial charge in [-0.15, -0.1) is 11.3 Å². The van der Waals surface area contributed by atoms with Gasteiger partial charge in [-0.25, -0.2) is 0 Å². The molecule has 1 saturated heterocycles. The number of aromatic nitrogens is 1. The summed E-state index contributed by atoms with van der Waals surface area (Å²) in [6.45, 7) is 4.53. The third-order valence-corrected chi connectivity index (χ3v) is 7.16. The molecule has 2 N–H and O–H groups in total. The van der Waals surface area contributed by atoms with Gasteiger partial charge in [0.15, 0.2) is 5.57 Å². The summed E-state index contributed by atoms with van der Waals surface area (Å²) in [7, 11) is 3.92. The number of quaternary nitrogens is 1. The van der Waals surface area contributed by atoms with Gasteiger partial charge >= 0.3 is 0 Å². The minimum Gasteiger partial charge on any atom is -0.467 e. The molecule has 0 saturated carbocycles. The lowest BCUT2D eigenvalue weighted by Gasteiger charge is -2.23. The number of nitrogens with one attached hydrogen (secondary N) is 2. The van der Waals surface area contributed by atoms with Crippen molar-refractivity contribution in [2.24, 2.45) is 0 Å². The average Bonchev–Trinajstić information content (AvgIpc) is 3.50. The van der Waals surface area contributed by atoms with Gasteiger partial charge in [0.05, 0.1) is 43.6 Å². The molecule has 9 nitrogen and oxygen atoms in total. The number of nitrogens with zero attached hydrogens (tertiary/aromatic N) is 3. The normalized spacial score (nSPS) is 15.4. The molecule has 1 aliphatic rings. The molecule has 1 fully saturated rings. The molecular weight excluding hydrogens is 478 g/mol. The van der Waals surface area contributed by atoms with Crippen LogP contribution in [0.4, 0.5) is 5.69 Å². The lowest BCUT2D eigenvalue weighted by molar-refractivity contribution is -0.906. The summed E-state index contributed by atoms with van der Waals surface area (Å²) >= 11 is 1.14. The number of carbonyl (C=O) groups is 1. The molecule has 2 aromatic heterocycles. The van der Waals surface area contributed by atoms with E-state index in [0.717, 1.165) is 42.2 Å². The summed E-state index contributed by atoms with van der Waals surface area (Å²) in [6, 6.07) is 13.3. The molecule has 36 heavy (non-hydrogen) atoms. The van der Waals surface area contributed by atoms with Crippen LogP contribution in [-0.4, -0.2) is 64.0 Å². The Morgan fingerprint density at radius 1 is 1.25 bits per heavy atom. The summed E-state index contributed by atoms with van der Waals surface area (Å²) in [4.78, 5) is 29.7. The Hall–Kier alpha value is -3.65. The van der Waals surface area contributed by atoms with Crippen LogP contribution >= 0.6 is 11.3 Å². The van der Waals surface area contributed by atoms with Gasteiger partial charge in [0.2, 0.25) is 0 Å². The maximum absolute atomic E-state index is 13.4. The van der Waals surface area contributed by atoms with Crippen LogP contribution in [0.1, 0.15) is 11.3 Å². The Morgan fingerprint density at radius 3 is 2.64 bits per heavy atom. The number of nitriles is 1. The van der Waals surface area contributed by atoms with E-state index in [1.165, 1.54) is 15.7 Å². The van der Waals surface area contributed by atoms with E-state index in [9.17, 15) is 14.9 Å². The zero-order valence-electron chi connectivity index (χ0n) is 20.5. The van der Waals surface area contributed by atoms with Gasteiger partial charge in [0, 0.05) is 19.8 Å². The number of anilines is 1. The third kappa shape index (κ3) is 6.12. The van der Waals surface area contributed by atoms with Gasteiger partial charge in [0.25, 0.3) is 11.5 Å². The van der Waals surface area contributed by atoms with Crippen LogP contribution in [0.2, 0.25) is 0 Å². The molecule has 0 aliphatic carbocycles. The van der Waals surface area contributed by atoms with Crippen LogP contribution in [-0.2, 0) is 16.1 Å². The van der Waals surface area contributed by atoms with Crippen molar-refractivity contribution < 1.29 is 18.8 Å². The van der Waals surface area contributed by atoms with E-state index in [1.807, 2.05) is 49.3 Å². The van der Waals surface area contributed by atoms with Gasteiger partial charge < -0.3 is 24.3 Å². The fourth-order valence-corrected chi connectivity index (χ4v) is 5.07. The maximum Gasteiger partial charge on any atom is 0.269 e. The molecule has 1 aliphatic heterocycles. The minimum atomic E-state index is -0.485. The fourth-order valence-electron chi connectivity index (χ4n) is 3.97. The first-order chi connectivity index (χ1) is 17.5. The summed E-state index contributed by atoms with van der Waals surface area (Å²) in [5.74, 6) is 0.0770. The molecule has 0 spiro atoms. The van der Waals surface area contributed by atoms with Crippen molar-refractivity contribution in [3.63, 3.8) is 0 Å². The molecule has 4 rings (SSSR count). The van der Waals surface area contributed by atoms with Crippen LogP contribution < -0.4 is 29.9 Å². The number of thiazole rings is 1. The fraction of sp³-hybridized carbons (Fsp3) is 0.346. The topological polar surface area (TPSA) is 105 Å². The van der Waals surface area contributed by atoms with Crippen molar-refractivity contribution in [3.8, 4) is 6.07 Å². The van der Waals surface area contributed by atoms with Gasteiger partial charge in [0.1, 0.15) is 29.6 Å². The summed E-state index contributed by atoms with van der Waals surface area (Å²) in [5.41, 5.74) is 1.54. The third-order valence-electron chi connectivity index (χ3n) is 6.03. The first kappa shape index (κ1) is 25.4. The monoisotopic (exact) mass is 508 g/mol. The SMILES string of the molecule is CN(C)c1ccc(/C=c2\s/c(=C(/C#N)C(=O)NCC[NH+]3CCOCC3)n(Cc3ccco3)c2=O)cc1. The molecule has 0 bridgehead atoms. The Bertz CT molecular complexity index is 1390. The molecule has 0 atom stereocenters. The number of hydrogen-bond donors (Lipinski definition) is 2. The second-order valence-electron chi connectivity index (χ2n) is 8.73. The number of amides is 1. The van der Waals surface area contributed by atoms with Gasteiger partial charge in [-0.2, -0.15) is 5.26 Å². The minimum absolute atomic E-state index is 0.0803. The number of carbonyl (C=O) groups excluding carboxylic acids is 1. The number of benzene rings is 1. The zero-order valence-corrected chi connectivity index (χ0v) is 21.3. The van der Waals surface area contributed by atoms with Crippen molar-refractivity contribution in [3.05, 3.63) is 73.5 Å². The lowest BCUT2D eigenvalue weighted by Crippen LogP contribution is -3.14. The molecule has 0 radical (unpaired) electrons. The van der Waals surface area contributed by atoms with Crippen molar-refractivity contribution >= 4 is 34.6 Å². The number of furan rings is 1. The van der Waals surface area contributed by atoms with Gasteiger partial charge in [-0.1, -0.05) is 12.1 Å². The molecule has 1 amide bonds. The number of hydrogen-bond acceptors (Lipinski definition) is 7. The number of ether oxygens (including phenoxy) is 1. The van der Waals surface area contributed by atoms with E-state index in [0.29, 0.717) is 34.7 Å². The lowest BCUT2D eigenvalue weighted by atomic mass is 10.2. The van der Waals surface area contributed by atoms with E-state index in [4.69, 9.17) is 9.15 Å². The second-order valence-corrected chi connectivity index (χ2v) is 9.76. The highest BCUT2D eigenvalue weighted by Gasteiger charge is 2.18. The summed E-state index contributed by atoms with van der Waals surface area (Å²) in [6.07, 6.45) is 3.31. The van der Waals surface area contributed by atoms with Crippen LogP contribution in [0.15, 0.2) is 51.9 Å². The predicted molar refractivity (Wildman–Crippen MR) is 138 cm³/mol. The Morgan fingerprint density at radius 2 is 2.00 bits per heavy atom. The van der Waals surface area contributed by atoms with Crippen molar-refractivity contribution in [2.75, 3.05) is 58.4 Å².